The zero-order valence-electron chi connectivity index (χ0n) is 9.38. The van der Waals surface area contributed by atoms with Gasteiger partial charge in [-0.15, -0.1) is 0 Å². The van der Waals surface area contributed by atoms with Gasteiger partial charge in [-0.2, -0.15) is 0 Å². The Hall–Kier alpha value is -1.84. The van der Waals surface area contributed by atoms with Crippen molar-refractivity contribution in [2.24, 2.45) is 0 Å². The lowest BCUT2D eigenvalue weighted by Crippen LogP contribution is -2.42. The highest BCUT2D eigenvalue weighted by atomic mass is 16.4. The molecule has 1 unspecified atom stereocenters. The van der Waals surface area contributed by atoms with E-state index < -0.39 is 12.1 Å². The summed E-state index contributed by atoms with van der Waals surface area (Å²) < 4.78 is 0. The Balaban J connectivity index is 2.86. The number of likely N-dealkylation sites (N-methyl/N-ethyl adjacent to an activating group) is 1. The molecule has 16 heavy (non-hydrogen) atoms. The van der Waals surface area contributed by atoms with Crippen LogP contribution in [0.4, 0.5) is 4.79 Å². The highest BCUT2D eigenvalue weighted by Gasteiger charge is 2.24. The molecule has 0 aliphatic rings. The number of rotatable bonds is 4. The first kappa shape index (κ1) is 12.2. The standard InChI is InChI=1S/C12H15NO3/c1-3-13(12(15)16)9(2)11(14)10-7-5-4-6-8-10/h4-9H,3H2,1-2H3,(H,15,16). The van der Waals surface area contributed by atoms with Crippen molar-refractivity contribution in [2.45, 2.75) is 19.9 Å². The van der Waals surface area contributed by atoms with Crippen LogP contribution in [0.1, 0.15) is 24.2 Å². The monoisotopic (exact) mass is 221 g/mol. The van der Waals surface area contributed by atoms with E-state index in [4.69, 9.17) is 5.11 Å². The van der Waals surface area contributed by atoms with Gasteiger partial charge in [0.1, 0.15) is 0 Å². The normalized spacial score (nSPS) is 11.9. The fraction of sp³-hybridized carbons (Fsp3) is 0.333. The number of carbonyl (C=O) groups excluding carboxylic acids is 1. The molecular weight excluding hydrogens is 206 g/mol. The van der Waals surface area contributed by atoms with Crippen LogP contribution >= 0.6 is 0 Å². The third kappa shape index (κ3) is 2.59. The van der Waals surface area contributed by atoms with Crippen LogP contribution in [-0.2, 0) is 0 Å². The number of nitrogens with zero attached hydrogens (tertiary/aromatic N) is 1. The fourth-order valence-corrected chi connectivity index (χ4v) is 1.56. The topological polar surface area (TPSA) is 57.6 Å². The molecule has 0 fully saturated rings. The molecule has 0 spiro atoms. The molecule has 0 aliphatic carbocycles. The lowest BCUT2D eigenvalue weighted by molar-refractivity contribution is 0.0816. The number of carbonyl (C=O) groups is 2. The van der Waals surface area contributed by atoms with E-state index in [0.29, 0.717) is 12.1 Å². The molecule has 1 amide bonds. The van der Waals surface area contributed by atoms with Gasteiger partial charge in [0.25, 0.3) is 0 Å². The maximum atomic E-state index is 11.9. The molecular formula is C12H15NO3. The van der Waals surface area contributed by atoms with E-state index in [1.54, 1.807) is 38.1 Å². The molecule has 4 heteroatoms. The lowest BCUT2D eigenvalue weighted by Gasteiger charge is -2.23. The second-order valence-corrected chi connectivity index (χ2v) is 3.47. The summed E-state index contributed by atoms with van der Waals surface area (Å²) in [7, 11) is 0. The van der Waals surface area contributed by atoms with Crippen LogP contribution < -0.4 is 0 Å². The average molecular weight is 221 g/mol. The summed E-state index contributed by atoms with van der Waals surface area (Å²) in [5.41, 5.74) is 0.537. The lowest BCUT2D eigenvalue weighted by atomic mass is 10.0. The molecule has 1 rings (SSSR count). The van der Waals surface area contributed by atoms with Gasteiger partial charge in [-0.25, -0.2) is 4.79 Å². The number of Topliss-reactive ketones (excluding diaryl/α,β-unsaturated/α-hetero) is 1. The summed E-state index contributed by atoms with van der Waals surface area (Å²) in [6.45, 7) is 3.62. The summed E-state index contributed by atoms with van der Waals surface area (Å²) >= 11 is 0. The molecule has 0 aliphatic heterocycles. The molecule has 0 radical (unpaired) electrons. The number of hydrogen-bond donors (Lipinski definition) is 1. The minimum absolute atomic E-state index is 0.176. The van der Waals surface area contributed by atoms with Crippen molar-refractivity contribution in [3.8, 4) is 0 Å². The van der Waals surface area contributed by atoms with Gasteiger partial charge >= 0.3 is 6.09 Å². The summed E-state index contributed by atoms with van der Waals surface area (Å²) in [6.07, 6.45) is -1.07. The van der Waals surface area contributed by atoms with Crippen molar-refractivity contribution >= 4 is 11.9 Å². The Labute approximate surface area is 94.5 Å². The molecule has 1 N–H and O–H groups in total. The van der Waals surface area contributed by atoms with Gasteiger partial charge in [-0.3, -0.25) is 9.69 Å². The molecule has 0 saturated heterocycles. The number of benzene rings is 1. The predicted molar refractivity (Wildman–Crippen MR) is 60.6 cm³/mol. The number of ketones is 1. The van der Waals surface area contributed by atoms with Crippen molar-refractivity contribution in [3.05, 3.63) is 35.9 Å². The first-order valence-electron chi connectivity index (χ1n) is 5.16. The second-order valence-electron chi connectivity index (χ2n) is 3.47. The molecule has 1 aromatic carbocycles. The molecule has 0 aromatic heterocycles. The fourth-order valence-electron chi connectivity index (χ4n) is 1.56. The van der Waals surface area contributed by atoms with Crippen LogP contribution in [-0.4, -0.2) is 34.5 Å². The van der Waals surface area contributed by atoms with E-state index in [0.717, 1.165) is 4.90 Å². The summed E-state index contributed by atoms with van der Waals surface area (Å²) in [5, 5.41) is 8.91. The molecule has 4 nitrogen and oxygen atoms in total. The van der Waals surface area contributed by atoms with Crippen molar-refractivity contribution in [1.29, 1.82) is 0 Å². The van der Waals surface area contributed by atoms with Gasteiger partial charge in [-0.05, 0) is 13.8 Å². The minimum Gasteiger partial charge on any atom is -0.465 e. The Kier molecular flexibility index (Phi) is 4.05. The zero-order valence-corrected chi connectivity index (χ0v) is 9.38. The van der Waals surface area contributed by atoms with Gasteiger partial charge in [0.2, 0.25) is 0 Å². The number of carboxylic acid groups (broad SMARTS) is 1. The van der Waals surface area contributed by atoms with Gasteiger partial charge < -0.3 is 5.11 Å². The van der Waals surface area contributed by atoms with Crippen molar-refractivity contribution < 1.29 is 14.7 Å². The Morgan fingerprint density at radius 1 is 1.31 bits per heavy atom. The van der Waals surface area contributed by atoms with E-state index in [9.17, 15) is 9.59 Å². The first-order chi connectivity index (χ1) is 7.57. The van der Waals surface area contributed by atoms with Crippen molar-refractivity contribution in [3.63, 3.8) is 0 Å². The van der Waals surface area contributed by atoms with Crippen LogP contribution in [0.25, 0.3) is 0 Å². The Morgan fingerprint density at radius 3 is 2.31 bits per heavy atom. The third-order valence-corrected chi connectivity index (χ3v) is 2.49. The maximum Gasteiger partial charge on any atom is 0.407 e. The number of amides is 1. The predicted octanol–water partition coefficient (Wildman–Crippen LogP) is 2.26. The van der Waals surface area contributed by atoms with Crippen LogP contribution in [0.15, 0.2) is 30.3 Å². The van der Waals surface area contributed by atoms with Gasteiger partial charge in [-0.1, -0.05) is 30.3 Å². The highest BCUT2D eigenvalue weighted by molar-refractivity contribution is 6.01. The van der Waals surface area contributed by atoms with Crippen LogP contribution in [0.5, 0.6) is 0 Å². The van der Waals surface area contributed by atoms with Gasteiger partial charge in [0.05, 0.1) is 6.04 Å². The van der Waals surface area contributed by atoms with Gasteiger partial charge in [0, 0.05) is 12.1 Å². The van der Waals surface area contributed by atoms with E-state index in [2.05, 4.69) is 0 Å². The molecule has 1 atom stereocenters. The third-order valence-electron chi connectivity index (χ3n) is 2.49. The van der Waals surface area contributed by atoms with Crippen LogP contribution in [0, 0.1) is 0 Å². The summed E-state index contributed by atoms with van der Waals surface area (Å²) in [6, 6.07) is 8.07. The highest BCUT2D eigenvalue weighted by Crippen LogP contribution is 2.09. The van der Waals surface area contributed by atoms with E-state index >= 15 is 0 Å². The summed E-state index contributed by atoms with van der Waals surface area (Å²) in [4.78, 5) is 23.9. The average Bonchev–Trinajstić information content (AvgIpc) is 2.29. The molecule has 1 aromatic rings. The quantitative estimate of drug-likeness (QED) is 0.793. The Morgan fingerprint density at radius 2 is 1.88 bits per heavy atom. The van der Waals surface area contributed by atoms with Crippen LogP contribution in [0.3, 0.4) is 0 Å². The summed E-state index contributed by atoms with van der Waals surface area (Å²) in [5.74, 6) is -0.176. The van der Waals surface area contributed by atoms with Crippen LogP contribution in [0.2, 0.25) is 0 Å². The van der Waals surface area contributed by atoms with Crippen molar-refractivity contribution in [1.82, 2.24) is 4.90 Å². The number of hydrogen-bond acceptors (Lipinski definition) is 2. The van der Waals surface area contributed by atoms with E-state index in [1.165, 1.54) is 0 Å². The first-order valence-corrected chi connectivity index (χ1v) is 5.16. The Bertz CT molecular complexity index is 375. The van der Waals surface area contributed by atoms with E-state index in [1.807, 2.05) is 6.07 Å². The van der Waals surface area contributed by atoms with Gasteiger partial charge in [0.15, 0.2) is 5.78 Å². The maximum absolute atomic E-state index is 11.9. The van der Waals surface area contributed by atoms with E-state index in [-0.39, 0.29) is 5.78 Å². The smallest absolute Gasteiger partial charge is 0.407 e. The zero-order chi connectivity index (χ0) is 12.1. The molecule has 0 bridgehead atoms. The molecule has 0 heterocycles. The molecule has 0 saturated carbocycles. The minimum atomic E-state index is -1.07. The SMILES string of the molecule is CCN(C(=O)O)C(C)C(=O)c1ccccc1. The second kappa shape index (κ2) is 5.30. The largest absolute Gasteiger partial charge is 0.465 e. The molecule has 86 valence electrons. The van der Waals surface area contributed by atoms with Crippen molar-refractivity contribution in [2.75, 3.05) is 6.54 Å².